The van der Waals surface area contributed by atoms with Crippen LogP contribution in [0.5, 0.6) is 0 Å². The van der Waals surface area contributed by atoms with Crippen LogP contribution in [0.25, 0.3) is 16.8 Å². The highest BCUT2D eigenvalue weighted by molar-refractivity contribution is 5.89. The quantitative estimate of drug-likeness (QED) is 0.663. The van der Waals surface area contributed by atoms with Crippen LogP contribution in [0, 0.1) is 11.8 Å². The number of hydrogen-bond donors (Lipinski definition) is 1. The average Bonchev–Trinajstić information content (AvgIpc) is 3.10. The zero-order valence-electron chi connectivity index (χ0n) is 17.1. The number of aliphatic imine (C=N–C) groups is 1. The van der Waals surface area contributed by atoms with E-state index < -0.39 is 0 Å². The Morgan fingerprint density at radius 3 is 2.89 bits per heavy atom. The van der Waals surface area contributed by atoms with Gasteiger partial charge in [0.2, 0.25) is 5.95 Å². The third-order valence-corrected chi connectivity index (χ3v) is 5.28. The van der Waals surface area contributed by atoms with Crippen molar-refractivity contribution in [1.82, 2.24) is 19.6 Å². The number of anilines is 1. The van der Waals surface area contributed by atoms with Crippen molar-refractivity contribution >= 4 is 22.9 Å². The molecule has 0 unspecified atom stereocenters. The minimum atomic E-state index is 0.504. The maximum absolute atomic E-state index is 4.96. The van der Waals surface area contributed by atoms with Gasteiger partial charge in [0, 0.05) is 29.9 Å². The lowest BCUT2D eigenvalue weighted by Crippen LogP contribution is -2.18. The van der Waals surface area contributed by atoms with Gasteiger partial charge in [-0.05, 0) is 43.9 Å². The van der Waals surface area contributed by atoms with Crippen molar-refractivity contribution in [3.63, 3.8) is 0 Å². The molecule has 1 aliphatic rings. The van der Waals surface area contributed by atoms with E-state index in [-0.39, 0.29) is 0 Å². The Balaban J connectivity index is 1.65. The highest BCUT2D eigenvalue weighted by Gasteiger charge is 2.21. The van der Waals surface area contributed by atoms with Gasteiger partial charge < -0.3 is 5.32 Å². The van der Waals surface area contributed by atoms with Crippen LogP contribution in [-0.2, 0) is 6.42 Å². The van der Waals surface area contributed by atoms with Crippen molar-refractivity contribution in [2.75, 3.05) is 11.9 Å². The predicted octanol–water partition coefficient (Wildman–Crippen LogP) is 4.92. The first-order chi connectivity index (χ1) is 13.5. The smallest absolute Gasteiger partial charge is 0.241 e. The molecule has 1 atom stereocenters. The molecule has 0 aromatic carbocycles. The van der Waals surface area contributed by atoms with Gasteiger partial charge in [-0.1, -0.05) is 27.2 Å². The first kappa shape index (κ1) is 18.6. The molecule has 0 amide bonds. The Kier molecular flexibility index (Phi) is 5.11. The first-order valence-electron chi connectivity index (χ1n) is 10.2. The fourth-order valence-corrected chi connectivity index (χ4v) is 3.71. The zero-order valence-corrected chi connectivity index (χ0v) is 17.1. The minimum absolute atomic E-state index is 0.504. The number of fused-ring (bicyclic) bond motifs is 2. The molecule has 146 valence electrons. The van der Waals surface area contributed by atoms with Crippen LogP contribution < -0.4 is 5.32 Å². The molecule has 0 saturated heterocycles. The van der Waals surface area contributed by atoms with Gasteiger partial charge in [0.15, 0.2) is 0 Å². The van der Waals surface area contributed by atoms with Gasteiger partial charge in [-0.3, -0.25) is 9.98 Å². The van der Waals surface area contributed by atoms with E-state index in [1.165, 1.54) is 12.1 Å². The molecule has 0 bridgehead atoms. The van der Waals surface area contributed by atoms with Crippen molar-refractivity contribution in [1.29, 1.82) is 0 Å². The van der Waals surface area contributed by atoms with Crippen LogP contribution in [-0.4, -0.2) is 31.8 Å². The van der Waals surface area contributed by atoms with Crippen LogP contribution in [0.3, 0.4) is 0 Å². The molecule has 6 nitrogen and oxygen atoms in total. The van der Waals surface area contributed by atoms with E-state index in [9.17, 15) is 0 Å². The van der Waals surface area contributed by atoms with E-state index in [0.717, 1.165) is 47.5 Å². The summed E-state index contributed by atoms with van der Waals surface area (Å²) in [6, 6.07) is 6.20. The number of nitrogens with zero attached hydrogens (tertiary/aromatic N) is 5. The molecule has 3 aromatic heterocycles. The van der Waals surface area contributed by atoms with Crippen LogP contribution >= 0.6 is 0 Å². The highest BCUT2D eigenvalue weighted by atomic mass is 15.3. The molecular weight excluding hydrogens is 348 g/mol. The molecule has 0 fully saturated rings. The van der Waals surface area contributed by atoms with Gasteiger partial charge in [0.1, 0.15) is 0 Å². The van der Waals surface area contributed by atoms with Crippen molar-refractivity contribution in [2.24, 2.45) is 16.8 Å². The zero-order chi connectivity index (χ0) is 19.7. The number of pyridine rings is 1. The predicted molar refractivity (Wildman–Crippen MR) is 114 cm³/mol. The lowest BCUT2D eigenvalue weighted by Gasteiger charge is -2.22. The van der Waals surface area contributed by atoms with Gasteiger partial charge in [0.05, 0.1) is 28.8 Å². The van der Waals surface area contributed by atoms with Gasteiger partial charge in [-0.2, -0.15) is 0 Å². The molecular formula is C22H28N6. The number of nitrogens with one attached hydrogen (secondary N) is 1. The molecule has 1 N–H and O–H groups in total. The van der Waals surface area contributed by atoms with E-state index >= 15 is 0 Å². The van der Waals surface area contributed by atoms with Crippen LogP contribution in [0.4, 0.5) is 11.6 Å². The molecule has 28 heavy (non-hydrogen) atoms. The van der Waals surface area contributed by atoms with E-state index in [1.54, 1.807) is 0 Å². The molecule has 0 aliphatic carbocycles. The van der Waals surface area contributed by atoms with Crippen LogP contribution in [0.1, 0.15) is 46.2 Å². The van der Waals surface area contributed by atoms with Crippen molar-refractivity contribution in [3.05, 3.63) is 36.3 Å². The van der Waals surface area contributed by atoms with Crippen molar-refractivity contribution in [3.8, 4) is 11.3 Å². The first-order valence-corrected chi connectivity index (χ1v) is 10.2. The standard InChI is InChI=1S/C22H28N6/c1-5-6-16-11-20-19(25-15(16)4)8-7-18(26-20)17-9-10-28-21(17)13-24-22(27-28)23-12-14(2)3/h7-10,13-14,16H,5-6,11-12H2,1-4H3,(H,23,27)/t16-/m0/s1. The normalized spacial score (nSPS) is 16.3. The molecule has 0 saturated carbocycles. The molecule has 4 heterocycles. The Labute approximate surface area is 166 Å². The maximum atomic E-state index is 4.96. The summed E-state index contributed by atoms with van der Waals surface area (Å²) >= 11 is 0. The van der Waals surface area contributed by atoms with Gasteiger partial charge in [-0.25, -0.2) is 9.50 Å². The second kappa shape index (κ2) is 7.70. The van der Waals surface area contributed by atoms with Gasteiger partial charge in [-0.15, -0.1) is 5.10 Å². The van der Waals surface area contributed by atoms with E-state index in [2.05, 4.69) is 61.3 Å². The molecule has 0 spiro atoms. The molecule has 6 heteroatoms. The Morgan fingerprint density at radius 1 is 1.25 bits per heavy atom. The molecule has 1 aliphatic heterocycles. The number of aromatic nitrogens is 4. The Morgan fingerprint density at radius 2 is 2.11 bits per heavy atom. The fraction of sp³-hybridized carbons (Fsp3) is 0.455. The average molecular weight is 377 g/mol. The minimum Gasteiger partial charge on any atom is -0.353 e. The largest absolute Gasteiger partial charge is 0.353 e. The van der Waals surface area contributed by atoms with Crippen LogP contribution in [0.15, 0.2) is 35.6 Å². The molecule has 3 aromatic rings. The van der Waals surface area contributed by atoms with E-state index in [4.69, 9.17) is 9.98 Å². The summed E-state index contributed by atoms with van der Waals surface area (Å²) in [6.45, 7) is 9.55. The summed E-state index contributed by atoms with van der Waals surface area (Å²) < 4.78 is 1.87. The summed E-state index contributed by atoms with van der Waals surface area (Å²) in [5, 5.41) is 7.85. The maximum Gasteiger partial charge on any atom is 0.241 e. The fourth-order valence-electron chi connectivity index (χ4n) is 3.71. The third-order valence-electron chi connectivity index (χ3n) is 5.28. The SMILES string of the molecule is CCC[C@H]1Cc2nc(-c3ccn4nc(NCC(C)C)ncc34)ccc2N=C1C. The lowest BCUT2D eigenvalue weighted by atomic mass is 9.90. The Hall–Kier alpha value is -2.76. The number of rotatable bonds is 6. The van der Waals surface area contributed by atoms with Crippen molar-refractivity contribution in [2.45, 2.75) is 47.0 Å². The van der Waals surface area contributed by atoms with Crippen molar-refractivity contribution < 1.29 is 0 Å². The second-order valence-electron chi connectivity index (χ2n) is 8.02. The van der Waals surface area contributed by atoms with Gasteiger partial charge in [0.25, 0.3) is 0 Å². The summed E-state index contributed by atoms with van der Waals surface area (Å²) in [7, 11) is 0. The van der Waals surface area contributed by atoms with E-state index in [0.29, 0.717) is 17.8 Å². The summed E-state index contributed by atoms with van der Waals surface area (Å²) in [4.78, 5) is 14.2. The monoisotopic (exact) mass is 376 g/mol. The van der Waals surface area contributed by atoms with Crippen LogP contribution in [0.2, 0.25) is 0 Å². The third kappa shape index (κ3) is 3.63. The number of hydrogen-bond acceptors (Lipinski definition) is 5. The molecule has 0 radical (unpaired) electrons. The lowest BCUT2D eigenvalue weighted by molar-refractivity contribution is 0.593. The summed E-state index contributed by atoms with van der Waals surface area (Å²) in [6.07, 6.45) is 7.14. The van der Waals surface area contributed by atoms with E-state index in [1.807, 2.05) is 16.9 Å². The summed E-state index contributed by atoms with van der Waals surface area (Å²) in [5.74, 6) is 1.69. The Bertz CT molecular complexity index is 1020. The summed E-state index contributed by atoms with van der Waals surface area (Å²) in [5.41, 5.74) is 6.30. The van der Waals surface area contributed by atoms with Gasteiger partial charge >= 0.3 is 0 Å². The topological polar surface area (TPSA) is 67.5 Å². The second-order valence-corrected chi connectivity index (χ2v) is 8.02. The molecule has 4 rings (SSSR count). The highest BCUT2D eigenvalue weighted by Crippen LogP contribution is 2.33.